The zero-order chi connectivity index (χ0) is 22.0. The van der Waals surface area contributed by atoms with Crippen molar-refractivity contribution in [3.63, 3.8) is 0 Å². The van der Waals surface area contributed by atoms with Gasteiger partial charge in [0.2, 0.25) is 5.95 Å². The predicted molar refractivity (Wildman–Crippen MR) is 116 cm³/mol. The third-order valence-electron chi connectivity index (χ3n) is 5.47. The monoisotopic (exact) mass is 444 g/mol. The van der Waals surface area contributed by atoms with Gasteiger partial charge in [0.15, 0.2) is 0 Å². The molecule has 4 rings (SSSR count). The fourth-order valence-corrected chi connectivity index (χ4v) is 4.03. The van der Waals surface area contributed by atoms with Crippen LogP contribution < -0.4 is 10.9 Å². The molecule has 2 heterocycles. The number of nitrogens with zero attached hydrogens (tertiary/aromatic N) is 3. The van der Waals surface area contributed by atoms with Gasteiger partial charge in [0.25, 0.3) is 5.56 Å². The molecule has 1 fully saturated rings. The number of hydrogen-bond donors (Lipinski definition) is 3. The van der Waals surface area contributed by atoms with Gasteiger partial charge in [-0.3, -0.25) is 4.79 Å². The molecule has 0 radical (unpaired) electrons. The van der Waals surface area contributed by atoms with Crippen LogP contribution in [0.15, 0.2) is 53.6 Å². The quantitative estimate of drug-likeness (QED) is 0.540. The Kier molecular flexibility index (Phi) is 6.31. The van der Waals surface area contributed by atoms with Crippen LogP contribution in [0.3, 0.4) is 0 Å². The first-order valence-electron chi connectivity index (χ1n) is 10.0. The molecule has 31 heavy (non-hydrogen) atoms. The number of aliphatic hydroxyl groups excluding tert-OH is 2. The van der Waals surface area contributed by atoms with E-state index >= 15 is 0 Å². The predicted octanol–water partition coefficient (Wildman–Crippen LogP) is 3.00. The third-order valence-corrected chi connectivity index (χ3v) is 5.76. The van der Waals surface area contributed by atoms with Gasteiger partial charge in [-0.15, -0.1) is 0 Å². The SMILES string of the molecule is O=c1cc(-c2ccnc(NC3CCC(O)C3)n2)ccn1C(CO)c1ccc(F)c(Cl)c1. The summed E-state index contributed by atoms with van der Waals surface area (Å²) < 4.78 is 14.8. The first kappa shape index (κ1) is 21.4. The van der Waals surface area contributed by atoms with Crippen molar-refractivity contribution in [1.29, 1.82) is 0 Å². The Labute approximate surface area is 183 Å². The van der Waals surface area contributed by atoms with Crippen LogP contribution in [0.2, 0.25) is 5.02 Å². The topological polar surface area (TPSA) is 100 Å². The smallest absolute Gasteiger partial charge is 0.251 e. The molecule has 3 aromatic rings. The second-order valence-corrected chi connectivity index (χ2v) is 8.01. The number of rotatable bonds is 6. The van der Waals surface area contributed by atoms with E-state index in [1.54, 1.807) is 24.5 Å². The lowest BCUT2D eigenvalue weighted by atomic mass is 10.1. The standard InChI is InChI=1S/C22H22ClFN4O3/c23-17-9-14(1-4-18(17)24)20(12-29)28-8-6-13(10-21(28)31)19-5-7-25-22(27-19)26-15-2-3-16(30)11-15/h1,4-10,15-16,20,29-30H,2-3,11-12H2,(H,25,26,27). The normalized spacial score (nSPS) is 19.4. The Bertz CT molecular complexity index is 1140. The molecule has 0 amide bonds. The minimum absolute atomic E-state index is 0.0728. The average Bonchev–Trinajstić information content (AvgIpc) is 3.17. The van der Waals surface area contributed by atoms with Crippen LogP contribution in [0.5, 0.6) is 0 Å². The highest BCUT2D eigenvalue weighted by Crippen LogP contribution is 2.25. The van der Waals surface area contributed by atoms with Crippen LogP contribution in [0, 0.1) is 5.82 Å². The van der Waals surface area contributed by atoms with Crippen molar-refractivity contribution in [3.05, 3.63) is 75.5 Å². The summed E-state index contributed by atoms with van der Waals surface area (Å²) in [7, 11) is 0. The van der Waals surface area contributed by atoms with Crippen LogP contribution in [0.4, 0.5) is 10.3 Å². The molecule has 3 N–H and O–H groups in total. The molecular weight excluding hydrogens is 423 g/mol. The first-order chi connectivity index (χ1) is 14.9. The van der Waals surface area contributed by atoms with Gasteiger partial charge in [-0.05, 0) is 49.1 Å². The Hall–Kier alpha value is -2.81. The van der Waals surface area contributed by atoms with Gasteiger partial charge in [0, 0.05) is 30.1 Å². The summed E-state index contributed by atoms with van der Waals surface area (Å²) in [5.41, 5.74) is 1.36. The molecule has 0 saturated heterocycles. The van der Waals surface area contributed by atoms with Gasteiger partial charge >= 0.3 is 0 Å². The molecule has 0 bridgehead atoms. The van der Waals surface area contributed by atoms with Gasteiger partial charge in [0.05, 0.1) is 29.5 Å². The molecular formula is C22H22ClFN4O3. The van der Waals surface area contributed by atoms with E-state index in [9.17, 15) is 19.4 Å². The Morgan fingerprint density at radius 1 is 1.26 bits per heavy atom. The molecule has 1 saturated carbocycles. The largest absolute Gasteiger partial charge is 0.394 e. The highest BCUT2D eigenvalue weighted by Gasteiger charge is 2.23. The fourth-order valence-electron chi connectivity index (χ4n) is 3.84. The molecule has 9 heteroatoms. The first-order valence-corrected chi connectivity index (χ1v) is 10.4. The van der Waals surface area contributed by atoms with Gasteiger partial charge in [-0.2, -0.15) is 0 Å². The van der Waals surface area contributed by atoms with E-state index < -0.39 is 11.9 Å². The van der Waals surface area contributed by atoms with Crippen molar-refractivity contribution >= 4 is 17.5 Å². The molecule has 2 aromatic heterocycles. The maximum absolute atomic E-state index is 13.5. The number of anilines is 1. The van der Waals surface area contributed by atoms with Crippen LogP contribution in [-0.2, 0) is 0 Å². The highest BCUT2D eigenvalue weighted by atomic mass is 35.5. The van der Waals surface area contributed by atoms with E-state index in [0.717, 1.165) is 12.8 Å². The van der Waals surface area contributed by atoms with Gasteiger partial charge < -0.3 is 20.1 Å². The number of nitrogens with one attached hydrogen (secondary N) is 1. The molecule has 1 aromatic carbocycles. The summed E-state index contributed by atoms with van der Waals surface area (Å²) in [5.74, 6) is -0.125. The number of aromatic nitrogens is 3. The third kappa shape index (κ3) is 4.76. The maximum atomic E-state index is 13.5. The molecule has 1 aliphatic rings. The summed E-state index contributed by atoms with van der Waals surface area (Å²) in [5, 5.41) is 22.7. The minimum atomic E-state index is -0.698. The summed E-state index contributed by atoms with van der Waals surface area (Å²) in [6, 6.07) is 8.38. The second-order valence-electron chi connectivity index (χ2n) is 7.61. The second kappa shape index (κ2) is 9.13. The Morgan fingerprint density at radius 2 is 2.10 bits per heavy atom. The summed E-state index contributed by atoms with van der Waals surface area (Å²) >= 11 is 5.85. The van der Waals surface area contributed by atoms with Crippen LogP contribution in [-0.4, -0.2) is 43.5 Å². The molecule has 3 unspecified atom stereocenters. The Balaban J connectivity index is 1.59. The van der Waals surface area contributed by atoms with E-state index in [1.807, 2.05) is 0 Å². The number of halogens is 2. The maximum Gasteiger partial charge on any atom is 0.251 e. The van der Waals surface area contributed by atoms with Crippen molar-refractivity contribution in [2.24, 2.45) is 0 Å². The van der Waals surface area contributed by atoms with Crippen molar-refractivity contribution in [1.82, 2.24) is 14.5 Å². The molecule has 0 aliphatic heterocycles. The zero-order valence-electron chi connectivity index (χ0n) is 16.6. The average molecular weight is 445 g/mol. The summed E-state index contributed by atoms with van der Waals surface area (Å²) in [6.07, 6.45) is 5.13. The lowest BCUT2D eigenvalue weighted by Crippen LogP contribution is -2.27. The van der Waals surface area contributed by atoms with Crippen molar-refractivity contribution < 1.29 is 14.6 Å². The van der Waals surface area contributed by atoms with Crippen molar-refractivity contribution in [3.8, 4) is 11.3 Å². The zero-order valence-corrected chi connectivity index (χ0v) is 17.3. The highest BCUT2D eigenvalue weighted by molar-refractivity contribution is 6.30. The molecule has 3 atom stereocenters. The van der Waals surface area contributed by atoms with E-state index in [0.29, 0.717) is 29.2 Å². The van der Waals surface area contributed by atoms with Crippen LogP contribution in [0.25, 0.3) is 11.3 Å². The molecule has 162 valence electrons. The van der Waals surface area contributed by atoms with E-state index in [-0.39, 0.29) is 29.3 Å². The summed E-state index contributed by atoms with van der Waals surface area (Å²) in [6.45, 7) is -0.351. The molecule has 1 aliphatic carbocycles. The Morgan fingerprint density at radius 3 is 2.77 bits per heavy atom. The summed E-state index contributed by atoms with van der Waals surface area (Å²) in [4.78, 5) is 21.5. The van der Waals surface area contributed by atoms with E-state index in [2.05, 4.69) is 15.3 Å². The number of hydrogen-bond acceptors (Lipinski definition) is 6. The van der Waals surface area contributed by atoms with Crippen LogP contribution in [0.1, 0.15) is 30.9 Å². The van der Waals surface area contributed by atoms with Crippen molar-refractivity contribution in [2.45, 2.75) is 37.5 Å². The number of pyridine rings is 1. The van der Waals surface area contributed by atoms with E-state index in [1.165, 1.54) is 28.8 Å². The lowest BCUT2D eigenvalue weighted by Gasteiger charge is -2.19. The minimum Gasteiger partial charge on any atom is -0.394 e. The molecule has 0 spiro atoms. The van der Waals surface area contributed by atoms with Crippen molar-refractivity contribution in [2.75, 3.05) is 11.9 Å². The van der Waals surface area contributed by atoms with Crippen LogP contribution >= 0.6 is 11.6 Å². The van der Waals surface area contributed by atoms with Gasteiger partial charge in [-0.1, -0.05) is 17.7 Å². The lowest BCUT2D eigenvalue weighted by molar-refractivity contribution is 0.182. The fraction of sp³-hybridized carbons (Fsp3) is 0.318. The number of aliphatic hydroxyl groups is 2. The van der Waals surface area contributed by atoms with E-state index in [4.69, 9.17) is 11.6 Å². The molecule has 7 nitrogen and oxygen atoms in total. The van der Waals surface area contributed by atoms with Gasteiger partial charge in [0.1, 0.15) is 5.82 Å². The van der Waals surface area contributed by atoms with Gasteiger partial charge in [-0.25, -0.2) is 14.4 Å². The number of benzene rings is 1.